The monoisotopic (exact) mass is 484 g/mol. The number of hydrogen-bond donors (Lipinski definition) is 3. The highest BCUT2D eigenvalue weighted by molar-refractivity contribution is 5.99. The van der Waals surface area contributed by atoms with Crippen LogP contribution in [0.15, 0.2) is 18.2 Å². The molecular weight excluding hydrogens is 448 g/mol. The van der Waals surface area contributed by atoms with Gasteiger partial charge in [-0.2, -0.15) is 0 Å². The van der Waals surface area contributed by atoms with Gasteiger partial charge in [0.2, 0.25) is 5.91 Å². The summed E-state index contributed by atoms with van der Waals surface area (Å²) in [5, 5.41) is 8.93. The molecule has 9 nitrogen and oxygen atoms in total. The molecule has 2 heterocycles. The number of nitrogens with one attached hydrogen (secondary N) is 3. The van der Waals surface area contributed by atoms with E-state index in [1.807, 2.05) is 0 Å². The highest BCUT2D eigenvalue weighted by Crippen LogP contribution is 2.32. The van der Waals surface area contributed by atoms with Crippen LogP contribution < -0.4 is 20.7 Å². The zero-order chi connectivity index (χ0) is 24.4. The number of ether oxygens (including phenoxy) is 2. The third-order valence-corrected chi connectivity index (χ3v) is 7.84. The molecule has 0 aromatic heterocycles. The van der Waals surface area contributed by atoms with Crippen LogP contribution in [0.25, 0.3) is 0 Å². The number of urea groups is 1. The minimum Gasteiger partial charge on any atom is -0.490 e. The van der Waals surface area contributed by atoms with E-state index in [1.54, 1.807) is 30.1 Å². The lowest BCUT2D eigenvalue weighted by atomic mass is 9.92. The van der Waals surface area contributed by atoms with Gasteiger partial charge in [0.1, 0.15) is 18.5 Å². The zero-order valence-electron chi connectivity index (χ0n) is 20.4. The van der Waals surface area contributed by atoms with Crippen LogP contribution >= 0.6 is 0 Å². The van der Waals surface area contributed by atoms with Gasteiger partial charge in [0.15, 0.2) is 0 Å². The second kappa shape index (κ2) is 10.4. The van der Waals surface area contributed by atoms with Crippen LogP contribution in [0.3, 0.4) is 0 Å². The largest absolute Gasteiger partial charge is 0.490 e. The molecule has 190 valence electrons. The van der Waals surface area contributed by atoms with Crippen molar-refractivity contribution >= 4 is 23.5 Å². The van der Waals surface area contributed by atoms with E-state index in [2.05, 4.69) is 16.0 Å². The van der Waals surface area contributed by atoms with Crippen LogP contribution in [0, 0.1) is 0 Å². The Labute approximate surface area is 206 Å². The van der Waals surface area contributed by atoms with E-state index >= 15 is 0 Å². The van der Waals surface area contributed by atoms with Crippen LogP contribution in [0.1, 0.15) is 74.6 Å². The summed E-state index contributed by atoms with van der Waals surface area (Å²) < 4.78 is 12.3. The summed E-state index contributed by atoms with van der Waals surface area (Å²) in [5.41, 5.74) is 0.978. The van der Waals surface area contributed by atoms with Crippen LogP contribution in [-0.4, -0.2) is 66.7 Å². The molecule has 0 spiro atoms. The molecule has 4 aliphatic rings. The van der Waals surface area contributed by atoms with Crippen molar-refractivity contribution in [2.24, 2.45) is 0 Å². The van der Waals surface area contributed by atoms with Crippen molar-refractivity contribution < 1.29 is 23.9 Å². The van der Waals surface area contributed by atoms with Crippen molar-refractivity contribution in [3.63, 3.8) is 0 Å². The second-order valence-corrected chi connectivity index (χ2v) is 10.4. The van der Waals surface area contributed by atoms with E-state index in [-0.39, 0.29) is 42.1 Å². The molecule has 2 saturated carbocycles. The van der Waals surface area contributed by atoms with Gasteiger partial charge < -0.3 is 30.3 Å². The van der Waals surface area contributed by atoms with E-state index in [9.17, 15) is 14.4 Å². The van der Waals surface area contributed by atoms with Crippen LogP contribution in [0.5, 0.6) is 5.75 Å². The average Bonchev–Trinajstić information content (AvgIpc) is 3.32. The molecule has 1 aromatic rings. The maximum atomic E-state index is 13.4. The van der Waals surface area contributed by atoms with Crippen molar-refractivity contribution in [2.45, 2.75) is 94.5 Å². The predicted molar refractivity (Wildman–Crippen MR) is 131 cm³/mol. The molecule has 1 saturated heterocycles. The zero-order valence-corrected chi connectivity index (χ0v) is 20.4. The van der Waals surface area contributed by atoms with Crippen LogP contribution in [-0.2, 0) is 9.53 Å². The molecule has 2 aliphatic carbocycles. The Morgan fingerprint density at radius 3 is 2.49 bits per heavy atom. The Balaban J connectivity index is 1.22. The maximum absolute atomic E-state index is 13.4. The van der Waals surface area contributed by atoms with E-state index in [4.69, 9.17) is 9.47 Å². The van der Waals surface area contributed by atoms with Crippen molar-refractivity contribution in [2.75, 3.05) is 19.0 Å². The van der Waals surface area contributed by atoms with Crippen molar-refractivity contribution in [1.29, 1.82) is 0 Å². The molecule has 3 N–H and O–H groups in total. The Bertz CT molecular complexity index is 959. The number of carbonyl (C=O) groups is 3. The fourth-order valence-electron chi connectivity index (χ4n) is 5.57. The fourth-order valence-corrected chi connectivity index (χ4v) is 5.57. The molecule has 2 aliphatic heterocycles. The molecule has 0 unspecified atom stereocenters. The summed E-state index contributed by atoms with van der Waals surface area (Å²) in [6, 6.07) is 5.29. The lowest BCUT2D eigenvalue weighted by molar-refractivity contribution is -0.135. The number of nitrogens with zero attached hydrogens (tertiary/aromatic N) is 1. The number of benzene rings is 1. The molecule has 3 fully saturated rings. The number of carbonyl (C=O) groups excluding carboxylic acids is 3. The number of hydrogen-bond acceptors (Lipinski definition) is 5. The van der Waals surface area contributed by atoms with Gasteiger partial charge in [-0.25, -0.2) is 4.79 Å². The molecule has 0 bridgehead atoms. The molecule has 3 atom stereocenters. The van der Waals surface area contributed by atoms with Crippen LogP contribution in [0.2, 0.25) is 0 Å². The van der Waals surface area contributed by atoms with Gasteiger partial charge in [0.05, 0.1) is 24.1 Å². The quantitative estimate of drug-likeness (QED) is 0.595. The summed E-state index contributed by atoms with van der Waals surface area (Å²) in [4.78, 5) is 39.8. The van der Waals surface area contributed by atoms with E-state index < -0.39 is 0 Å². The summed E-state index contributed by atoms with van der Waals surface area (Å²) in [6.07, 6.45) is 8.91. The van der Waals surface area contributed by atoms with Crippen LogP contribution in [0.4, 0.5) is 10.5 Å². The fraction of sp³-hybridized carbons (Fsp3) is 0.654. The molecule has 35 heavy (non-hydrogen) atoms. The number of amides is 4. The Morgan fingerprint density at radius 2 is 1.74 bits per heavy atom. The summed E-state index contributed by atoms with van der Waals surface area (Å²) in [5.74, 6) is 0.339. The van der Waals surface area contributed by atoms with Gasteiger partial charge in [-0.05, 0) is 63.1 Å². The lowest BCUT2D eigenvalue weighted by Gasteiger charge is -2.42. The summed E-state index contributed by atoms with van der Waals surface area (Å²) in [7, 11) is 1.79. The number of anilines is 1. The topological polar surface area (TPSA) is 109 Å². The Hall–Kier alpha value is -2.81. The normalized spacial score (nSPS) is 26.9. The molecule has 1 aromatic carbocycles. The van der Waals surface area contributed by atoms with Gasteiger partial charge in [0, 0.05) is 24.8 Å². The minimum absolute atomic E-state index is 0.0386. The van der Waals surface area contributed by atoms with E-state index in [1.165, 1.54) is 6.42 Å². The van der Waals surface area contributed by atoms with Crippen molar-refractivity contribution in [1.82, 2.24) is 15.5 Å². The number of fused-ring (bicyclic) bond motifs is 2. The molecule has 0 radical (unpaired) electrons. The van der Waals surface area contributed by atoms with Gasteiger partial charge in [-0.15, -0.1) is 0 Å². The molecule has 5 rings (SSSR count). The van der Waals surface area contributed by atoms with E-state index in [0.717, 1.165) is 44.9 Å². The number of rotatable bonds is 5. The third kappa shape index (κ3) is 5.55. The van der Waals surface area contributed by atoms with Gasteiger partial charge in [-0.1, -0.05) is 12.8 Å². The highest BCUT2D eigenvalue weighted by Gasteiger charge is 2.39. The highest BCUT2D eigenvalue weighted by atomic mass is 16.5. The minimum atomic E-state index is -0.303. The first-order chi connectivity index (χ1) is 17.0. The first-order valence-electron chi connectivity index (χ1n) is 13.0. The molecular formula is C26H36N4O5. The Kier molecular flexibility index (Phi) is 7.13. The third-order valence-electron chi connectivity index (χ3n) is 7.84. The molecule has 9 heteroatoms. The first kappa shape index (κ1) is 23.9. The number of likely N-dealkylation sites (N-methyl/N-ethyl adjacent to an activating group) is 1. The predicted octanol–water partition coefficient (Wildman–Crippen LogP) is 3.19. The average molecular weight is 485 g/mol. The van der Waals surface area contributed by atoms with Crippen molar-refractivity contribution in [3.05, 3.63) is 23.8 Å². The first-order valence-corrected chi connectivity index (χ1v) is 13.0. The van der Waals surface area contributed by atoms with Gasteiger partial charge in [0.25, 0.3) is 5.91 Å². The standard InChI is InChI=1S/C26H36N4O5/c1-30-21-11-10-19(14-24(31)27-16-7-4-8-16)35-23(21)15-34-22-12-9-18(13-20(22)25(30)32)29-26(33)28-17-5-2-3-6-17/h9,12-13,16-17,19,21,23H,2-8,10-11,14-15H2,1H3,(H,27,31)(H2,28,29,33)/t19-,21+,23-/m1/s1. The SMILES string of the molecule is CN1C(=O)c2cc(NC(=O)NC3CCCC3)ccc2OC[C@H]2O[C@@H](CC(=O)NC3CCC3)CC[C@@H]21. The van der Waals surface area contributed by atoms with Gasteiger partial charge >= 0.3 is 6.03 Å². The molecule has 4 amide bonds. The smallest absolute Gasteiger partial charge is 0.319 e. The summed E-state index contributed by atoms with van der Waals surface area (Å²) >= 11 is 0. The second-order valence-electron chi connectivity index (χ2n) is 10.4. The lowest BCUT2D eigenvalue weighted by Crippen LogP contribution is -2.54. The van der Waals surface area contributed by atoms with Crippen molar-refractivity contribution in [3.8, 4) is 5.75 Å². The van der Waals surface area contributed by atoms with E-state index in [0.29, 0.717) is 42.5 Å². The summed E-state index contributed by atoms with van der Waals surface area (Å²) in [6.45, 7) is 0.297. The van der Waals surface area contributed by atoms with Gasteiger partial charge in [-0.3, -0.25) is 9.59 Å². The Morgan fingerprint density at radius 1 is 1.00 bits per heavy atom. The maximum Gasteiger partial charge on any atom is 0.319 e.